The Hall–Kier alpha value is -1.24. The van der Waals surface area contributed by atoms with E-state index in [0.29, 0.717) is 25.3 Å². The standard InChI is InChI=1S/C17H22F2N2O2.ClH/c1-11-10-21(6-7-23-11)17(22)14-9-15(18)13(8-16(14)19)12-2-4-20-5-3-12;/h8-9,11-12,20H,2-7,10H2,1H3;1H/t11-;/m0./s1. The van der Waals surface area contributed by atoms with Crippen LogP contribution in [0.2, 0.25) is 0 Å². The molecule has 24 heavy (non-hydrogen) atoms. The van der Waals surface area contributed by atoms with Crippen LogP contribution in [-0.2, 0) is 4.74 Å². The van der Waals surface area contributed by atoms with Gasteiger partial charge in [-0.15, -0.1) is 12.4 Å². The van der Waals surface area contributed by atoms with Crippen molar-refractivity contribution in [3.05, 3.63) is 34.9 Å². The molecule has 0 saturated carbocycles. The Morgan fingerprint density at radius 1 is 1.25 bits per heavy atom. The number of carbonyl (C=O) groups is 1. The van der Waals surface area contributed by atoms with Crippen LogP contribution >= 0.6 is 12.4 Å². The Kier molecular flexibility index (Phi) is 6.54. The second-order valence-electron chi connectivity index (χ2n) is 6.31. The minimum atomic E-state index is -0.635. The molecular formula is C17H23ClF2N2O2. The molecule has 0 aromatic heterocycles. The molecule has 0 unspecified atom stereocenters. The lowest BCUT2D eigenvalue weighted by molar-refractivity contribution is -0.0126. The maximum atomic E-state index is 14.4. The number of nitrogens with zero attached hydrogens (tertiary/aromatic N) is 1. The third kappa shape index (κ3) is 4.05. The zero-order chi connectivity index (χ0) is 16.4. The van der Waals surface area contributed by atoms with E-state index in [-0.39, 0.29) is 30.0 Å². The number of halogens is 3. The molecule has 2 aliphatic rings. The molecule has 1 aromatic rings. The first-order valence-corrected chi connectivity index (χ1v) is 8.17. The number of piperidine rings is 1. The van der Waals surface area contributed by atoms with Gasteiger partial charge in [0.05, 0.1) is 18.3 Å². The quantitative estimate of drug-likeness (QED) is 0.881. The van der Waals surface area contributed by atoms with Crippen molar-refractivity contribution in [2.75, 3.05) is 32.8 Å². The van der Waals surface area contributed by atoms with Crippen LogP contribution in [0.5, 0.6) is 0 Å². The molecule has 7 heteroatoms. The summed E-state index contributed by atoms with van der Waals surface area (Å²) in [5.41, 5.74) is 0.199. The van der Waals surface area contributed by atoms with Crippen molar-refractivity contribution < 1.29 is 18.3 Å². The van der Waals surface area contributed by atoms with Crippen molar-refractivity contribution in [2.24, 2.45) is 0 Å². The Bertz CT molecular complexity index is 594. The predicted molar refractivity (Wildman–Crippen MR) is 89.8 cm³/mol. The fourth-order valence-electron chi connectivity index (χ4n) is 3.35. The van der Waals surface area contributed by atoms with E-state index >= 15 is 0 Å². The van der Waals surface area contributed by atoms with Crippen molar-refractivity contribution in [2.45, 2.75) is 31.8 Å². The predicted octanol–water partition coefficient (Wildman–Crippen LogP) is 2.71. The topological polar surface area (TPSA) is 41.6 Å². The molecule has 2 saturated heterocycles. The van der Waals surface area contributed by atoms with Crippen molar-refractivity contribution in [3.63, 3.8) is 0 Å². The zero-order valence-corrected chi connectivity index (χ0v) is 14.5. The molecule has 0 aliphatic carbocycles. The zero-order valence-electron chi connectivity index (χ0n) is 13.7. The largest absolute Gasteiger partial charge is 0.375 e. The molecule has 1 amide bonds. The number of carbonyl (C=O) groups excluding carboxylic acids is 1. The van der Waals surface area contributed by atoms with Crippen LogP contribution in [0.15, 0.2) is 12.1 Å². The average molecular weight is 361 g/mol. The van der Waals surface area contributed by atoms with E-state index in [1.807, 2.05) is 6.92 Å². The van der Waals surface area contributed by atoms with Crippen molar-refractivity contribution >= 4 is 18.3 Å². The highest BCUT2D eigenvalue weighted by atomic mass is 35.5. The van der Waals surface area contributed by atoms with Crippen LogP contribution in [0.3, 0.4) is 0 Å². The van der Waals surface area contributed by atoms with Crippen molar-refractivity contribution in [1.82, 2.24) is 10.2 Å². The average Bonchev–Trinajstić information content (AvgIpc) is 2.57. The molecular weight excluding hydrogens is 338 g/mol. The smallest absolute Gasteiger partial charge is 0.257 e. The second kappa shape index (κ2) is 8.23. The summed E-state index contributed by atoms with van der Waals surface area (Å²) in [5, 5.41) is 3.21. The van der Waals surface area contributed by atoms with Gasteiger partial charge >= 0.3 is 0 Å². The summed E-state index contributed by atoms with van der Waals surface area (Å²) >= 11 is 0. The number of rotatable bonds is 2. The summed E-state index contributed by atoms with van der Waals surface area (Å²) < 4.78 is 34.2. The number of hydrogen-bond acceptors (Lipinski definition) is 3. The van der Waals surface area contributed by atoms with E-state index in [0.717, 1.165) is 32.0 Å². The van der Waals surface area contributed by atoms with Crippen LogP contribution in [-0.4, -0.2) is 49.7 Å². The Morgan fingerprint density at radius 3 is 2.62 bits per heavy atom. The minimum Gasteiger partial charge on any atom is -0.375 e. The molecule has 0 spiro atoms. The SMILES string of the molecule is C[C@H]1CN(C(=O)c2cc(F)c(C3CCNCC3)cc2F)CCO1.Cl. The van der Waals surface area contributed by atoms with Crippen LogP contribution in [0, 0.1) is 11.6 Å². The summed E-state index contributed by atoms with van der Waals surface area (Å²) in [5.74, 6) is -1.57. The van der Waals surface area contributed by atoms with Gasteiger partial charge in [-0.2, -0.15) is 0 Å². The van der Waals surface area contributed by atoms with Crippen LogP contribution in [0.25, 0.3) is 0 Å². The molecule has 0 radical (unpaired) electrons. The molecule has 2 aliphatic heterocycles. The Balaban J connectivity index is 0.00000208. The first kappa shape index (κ1) is 19.1. The fraction of sp³-hybridized carbons (Fsp3) is 0.588. The maximum Gasteiger partial charge on any atom is 0.257 e. The van der Waals surface area contributed by atoms with Gasteiger partial charge in [-0.3, -0.25) is 4.79 Å². The van der Waals surface area contributed by atoms with Gasteiger partial charge in [0.25, 0.3) is 5.91 Å². The van der Waals surface area contributed by atoms with Gasteiger partial charge in [0.2, 0.25) is 0 Å². The number of ether oxygens (including phenoxy) is 1. The number of benzene rings is 1. The van der Waals surface area contributed by atoms with Crippen LogP contribution in [0.1, 0.15) is 41.6 Å². The van der Waals surface area contributed by atoms with E-state index < -0.39 is 17.5 Å². The Morgan fingerprint density at radius 2 is 1.96 bits per heavy atom. The summed E-state index contributed by atoms with van der Waals surface area (Å²) in [6, 6.07) is 2.28. The highest BCUT2D eigenvalue weighted by molar-refractivity contribution is 5.94. The highest BCUT2D eigenvalue weighted by Crippen LogP contribution is 2.29. The maximum absolute atomic E-state index is 14.4. The van der Waals surface area contributed by atoms with Gasteiger partial charge in [0.15, 0.2) is 0 Å². The number of amides is 1. The summed E-state index contributed by atoms with van der Waals surface area (Å²) in [4.78, 5) is 14.0. The van der Waals surface area contributed by atoms with E-state index in [1.54, 1.807) is 0 Å². The highest BCUT2D eigenvalue weighted by Gasteiger charge is 2.27. The van der Waals surface area contributed by atoms with Crippen molar-refractivity contribution in [1.29, 1.82) is 0 Å². The van der Waals surface area contributed by atoms with Gasteiger partial charge in [-0.05, 0) is 56.5 Å². The van der Waals surface area contributed by atoms with Crippen LogP contribution < -0.4 is 5.32 Å². The lowest BCUT2D eigenvalue weighted by Gasteiger charge is -2.31. The fourth-order valence-corrected chi connectivity index (χ4v) is 3.35. The van der Waals surface area contributed by atoms with E-state index in [4.69, 9.17) is 4.74 Å². The summed E-state index contributed by atoms with van der Waals surface area (Å²) in [6.45, 7) is 4.69. The molecule has 4 nitrogen and oxygen atoms in total. The van der Waals surface area contributed by atoms with Gasteiger partial charge < -0.3 is 15.0 Å². The van der Waals surface area contributed by atoms with Crippen LogP contribution in [0.4, 0.5) is 8.78 Å². The van der Waals surface area contributed by atoms with Gasteiger partial charge in [0.1, 0.15) is 11.6 Å². The lowest BCUT2D eigenvalue weighted by Crippen LogP contribution is -2.44. The molecule has 0 bridgehead atoms. The first-order chi connectivity index (χ1) is 11.1. The number of hydrogen-bond donors (Lipinski definition) is 1. The van der Waals surface area contributed by atoms with E-state index in [9.17, 15) is 13.6 Å². The van der Waals surface area contributed by atoms with E-state index in [1.165, 1.54) is 11.0 Å². The van der Waals surface area contributed by atoms with Gasteiger partial charge in [-0.25, -0.2) is 8.78 Å². The molecule has 1 atom stereocenters. The molecule has 3 rings (SSSR count). The summed E-state index contributed by atoms with van der Waals surface area (Å²) in [7, 11) is 0. The van der Waals surface area contributed by atoms with Crippen molar-refractivity contribution in [3.8, 4) is 0 Å². The third-order valence-electron chi connectivity index (χ3n) is 4.62. The normalized spacial score (nSPS) is 22.1. The number of nitrogens with one attached hydrogen (secondary N) is 1. The lowest BCUT2D eigenvalue weighted by atomic mass is 9.89. The molecule has 2 fully saturated rings. The second-order valence-corrected chi connectivity index (χ2v) is 6.31. The molecule has 1 N–H and O–H groups in total. The third-order valence-corrected chi connectivity index (χ3v) is 4.62. The first-order valence-electron chi connectivity index (χ1n) is 8.17. The number of morpholine rings is 1. The monoisotopic (exact) mass is 360 g/mol. The summed E-state index contributed by atoms with van der Waals surface area (Å²) in [6.07, 6.45) is 1.48. The van der Waals surface area contributed by atoms with Gasteiger partial charge in [0, 0.05) is 13.1 Å². The minimum absolute atomic E-state index is 0. The van der Waals surface area contributed by atoms with Gasteiger partial charge in [-0.1, -0.05) is 0 Å². The van der Waals surface area contributed by atoms with E-state index in [2.05, 4.69) is 5.32 Å². The molecule has 2 heterocycles. The molecule has 1 aromatic carbocycles. The molecule has 134 valence electrons. The Labute approximate surface area is 147 Å².